The Bertz CT molecular complexity index is 1090. The predicted octanol–water partition coefficient (Wildman–Crippen LogP) is 4.57. The van der Waals surface area contributed by atoms with E-state index in [0.717, 1.165) is 66.6 Å². The van der Waals surface area contributed by atoms with Crippen LogP contribution in [0.25, 0.3) is 22.0 Å². The molecule has 0 bridgehead atoms. The van der Waals surface area contributed by atoms with E-state index in [4.69, 9.17) is 5.73 Å². The van der Waals surface area contributed by atoms with Crippen molar-refractivity contribution in [1.82, 2.24) is 19.9 Å². The molecule has 0 unspecified atom stereocenters. The monoisotopic (exact) mass is 438 g/mol. The molecule has 3 N–H and O–H groups in total. The number of nitrogens with two attached hydrogens (primary N) is 1. The molecule has 1 aromatic carbocycles. The first-order valence-corrected chi connectivity index (χ1v) is 11.4. The maximum Gasteiger partial charge on any atom is 0.236 e. The summed E-state index contributed by atoms with van der Waals surface area (Å²) in [6, 6.07) is 8.36. The van der Waals surface area contributed by atoms with Crippen molar-refractivity contribution < 1.29 is 8.78 Å². The lowest BCUT2D eigenvalue weighted by atomic mass is 9.89. The Morgan fingerprint density at radius 1 is 0.938 bits per heavy atom. The topological polar surface area (TPSA) is 80.0 Å². The third-order valence-electron chi connectivity index (χ3n) is 6.85. The summed E-state index contributed by atoms with van der Waals surface area (Å²) in [5.74, 6) is 0.145. The van der Waals surface area contributed by atoms with E-state index < -0.39 is 12.1 Å². The number of hydrogen-bond acceptors (Lipinski definition) is 6. The summed E-state index contributed by atoms with van der Waals surface area (Å²) in [5, 5.41) is 4.54. The third-order valence-corrected chi connectivity index (χ3v) is 6.85. The summed E-state index contributed by atoms with van der Waals surface area (Å²) in [6.07, 6.45) is 8.12. The van der Waals surface area contributed by atoms with Crippen molar-refractivity contribution in [3.8, 4) is 11.1 Å². The summed E-state index contributed by atoms with van der Waals surface area (Å²) >= 11 is 0. The van der Waals surface area contributed by atoms with Crippen molar-refractivity contribution in [2.75, 3.05) is 24.1 Å². The van der Waals surface area contributed by atoms with Gasteiger partial charge in [-0.3, -0.25) is 0 Å². The fourth-order valence-corrected chi connectivity index (χ4v) is 4.99. The zero-order valence-corrected chi connectivity index (χ0v) is 18.0. The SMILES string of the molecule is Nc1cc(-c2ccc3ncnc(N[C@H]4CC[C@H](N5CCC(F)CC5)CC4)c3c2)cnc1F. The summed E-state index contributed by atoms with van der Waals surface area (Å²) in [6.45, 7) is 1.76. The van der Waals surface area contributed by atoms with Crippen LogP contribution < -0.4 is 11.1 Å². The fourth-order valence-electron chi connectivity index (χ4n) is 4.99. The Morgan fingerprint density at radius 2 is 1.72 bits per heavy atom. The third kappa shape index (κ3) is 4.37. The van der Waals surface area contributed by atoms with Crippen molar-refractivity contribution in [2.24, 2.45) is 0 Å². The van der Waals surface area contributed by atoms with E-state index in [0.29, 0.717) is 24.9 Å². The van der Waals surface area contributed by atoms with Gasteiger partial charge in [0.15, 0.2) is 0 Å². The molecule has 8 heteroatoms. The molecule has 0 atom stereocenters. The highest BCUT2D eigenvalue weighted by Gasteiger charge is 2.29. The van der Waals surface area contributed by atoms with E-state index in [1.54, 1.807) is 12.4 Å². The van der Waals surface area contributed by atoms with Gasteiger partial charge in [-0.1, -0.05) is 6.07 Å². The Balaban J connectivity index is 1.30. The summed E-state index contributed by atoms with van der Waals surface area (Å²) < 4.78 is 26.9. The second-order valence-electron chi connectivity index (χ2n) is 8.92. The number of nitrogens with zero attached hydrogens (tertiary/aromatic N) is 4. The highest BCUT2D eigenvalue weighted by Crippen LogP contribution is 2.31. The van der Waals surface area contributed by atoms with Gasteiger partial charge in [-0.2, -0.15) is 4.39 Å². The van der Waals surface area contributed by atoms with Crippen molar-refractivity contribution in [1.29, 1.82) is 0 Å². The van der Waals surface area contributed by atoms with Gasteiger partial charge >= 0.3 is 0 Å². The number of fused-ring (bicyclic) bond motifs is 1. The van der Waals surface area contributed by atoms with Gasteiger partial charge in [-0.15, -0.1) is 0 Å². The second kappa shape index (κ2) is 8.94. The van der Waals surface area contributed by atoms with E-state index in [1.165, 1.54) is 6.20 Å². The van der Waals surface area contributed by atoms with Crippen molar-refractivity contribution in [3.05, 3.63) is 42.7 Å². The molecule has 3 heterocycles. The first kappa shape index (κ1) is 21.0. The van der Waals surface area contributed by atoms with Gasteiger partial charge in [0, 0.05) is 42.3 Å². The van der Waals surface area contributed by atoms with Gasteiger partial charge in [0.1, 0.15) is 18.3 Å². The van der Waals surface area contributed by atoms with E-state index in [2.05, 4.69) is 25.2 Å². The lowest BCUT2D eigenvalue weighted by Crippen LogP contribution is -2.45. The normalized spacial score (nSPS) is 22.8. The highest BCUT2D eigenvalue weighted by molar-refractivity contribution is 5.92. The Hall–Kier alpha value is -2.87. The molecule has 6 nitrogen and oxygen atoms in total. The number of hydrogen-bond donors (Lipinski definition) is 2. The van der Waals surface area contributed by atoms with Crippen LogP contribution in [0.5, 0.6) is 0 Å². The quantitative estimate of drug-likeness (QED) is 0.581. The first-order valence-electron chi connectivity index (χ1n) is 11.4. The maximum atomic E-state index is 13.5. The lowest BCUT2D eigenvalue weighted by molar-refractivity contribution is 0.0895. The van der Waals surface area contributed by atoms with E-state index in [9.17, 15) is 8.78 Å². The van der Waals surface area contributed by atoms with Crippen LogP contribution in [-0.4, -0.2) is 51.2 Å². The molecule has 1 aliphatic heterocycles. The van der Waals surface area contributed by atoms with E-state index >= 15 is 0 Å². The molecule has 3 aromatic rings. The summed E-state index contributed by atoms with van der Waals surface area (Å²) in [4.78, 5) is 15.1. The minimum Gasteiger partial charge on any atom is -0.395 e. The molecule has 0 spiro atoms. The van der Waals surface area contributed by atoms with E-state index in [1.807, 2.05) is 18.2 Å². The molecule has 2 aromatic heterocycles. The highest BCUT2D eigenvalue weighted by atomic mass is 19.1. The van der Waals surface area contributed by atoms with Crippen LogP contribution in [0.15, 0.2) is 36.8 Å². The number of alkyl halides is 1. The Labute approximate surface area is 186 Å². The van der Waals surface area contributed by atoms with Crippen LogP contribution in [0.4, 0.5) is 20.3 Å². The zero-order chi connectivity index (χ0) is 22.1. The number of aromatic nitrogens is 3. The fraction of sp³-hybridized carbons (Fsp3) is 0.458. The Kier molecular flexibility index (Phi) is 5.87. The van der Waals surface area contributed by atoms with Crippen molar-refractivity contribution in [3.63, 3.8) is 0 Å². The average Bonchev–Trinajstić information content (AvgIpc) is 2.82. The van der Waals surface area contributed by atoms with Crippen LogP contribution in [-0.2, 0) is 0 Å². The maximum absolute atomic E-state index is 13.5. The van der Waals surface area contributed by atoms with Gasteiger partial charge in [0.05, 0.1) is 11.2 Å². The van der Waals surface area contributed by atoms with E-state index in [-0.39, 0.29) is 5.69 Å². The molecule has 0 amide bonds. The van der Waals surface area contributed by atoms with Crippen LogP contribution >= 0.6 is 0 Å². The molecular weight excluding hydrogens is 410 g/mol. The van der Waals surface area contributed by atoms with Gasteiger partial charge in [-0.25, -0.2) is 19.3 Å². The van der Waals surface area contributed by atoms with Crippen LogP contribution in [0.1, 0.15) is 38.5 Å². The van der Waals surface area contributed by atoms with Gasteiger partial charge in [-0.05, 0) is 62.3 Å². The average molecular weight is 439 g/mol. The predicted molar refractivity (Wildman–Crippen MR) is 123 cm³/mol. The van der Waals surface area contributed by atoms with Crippen LogP contribution in [0.2, 0.25) is 0 Å². The summed E-state index contributed by atoms with van der Waals surface area (Å²) in [5.41, 5.74) is 8.20. The number of benzene rings is 1. The minimum absolute atomic E-state index is 0.0257. The molecule has 2 aliphatic rings. The standard InChI is InChI=1S/C24H28F2N6/c25-17-7-9-32(10-8-17)19-4-2-18(3-5-19)31-24-20-11-15(1-6-22(20)29-14-30-24)16-12-21(27)23(26)28-13-16/h1,6,11-14,17-19H,2-5,7-10,27H2,(H,29,30,31)/t18-,19-. The van der Waals surface area contributed by atoms with Crippen molar-refractivity contribution >= 4 is 22.4 Å². The molecule has 1 saturated heterocycles. The number of likely N-dealkylation sites (tertiary alicyclic amines) is 1. The Morgan fingerprint density at radius 3 is 2.47 bits per heavy atom. The largest absolute Gasteiger partial charge is 0.395 e. The molecular formula is C24H28F2N6. The lowest BCUT2D eigenvalue weighted by Gasteiger charge is -2.39. The molecule has 32 heavy (non-hydrogen) atoms. The van der Waals surface area contributed by atoms with Gasteiger partial charge in [0.2, 0.25) is 5.95 Å². The molecule has 2 fully saturated rings. The minimum atomic E-state index is -0.662. The second-order valence-corrected chi connectivity index (χ2v) is 8.92. The number of rotatable bonds is 4. The number of nitrogen functional groups attached to an aromatic ring is 1. The van der Waals surface area contributed by atoms with Crippen LogP contribution in [0.3, 0.4) is 0 Å². The summed E-state index contributed by atoms with van der Waals surface area (Å²) in [7, 11) is 0. The number of nitrogens with one attached hydrogen (secondary N) is 1. The van der Waals surface area contributed by atoms with Gasteiger partial charge < -0.3 is 16.0 Å². The number of halogens is 2. The van der Waals surface area contributed by atoms with Crippen LogP contribution in [0, 0.1) is 5.95 Å². The zero-order valence-electron chi connectivity index (χ0n) is 18.0. The molecule has 1 saturated carbocycles. The molecule has 1 aliphatic carbocycles. The molecule has 168 valence electrons. The number of anilines is 2. The smallest absolute Gasteiger partial charge is 0.236 e. The number of pyridine rings is 1. The van der Waals surface area contributed by atoms with Gasteiger partial charge in [0.25, 0.3) is 0 Å². The molecule has 5 rings (SSSR count). The molecule has 0 radical (unpaired) electrons. The van der Waals surface area contributed by atoms with Crippen molar-refractivity contribution in [2.45, 2.75) is 56.8 Å². The first-order chi connectivity index (χ1) is 15.6. The number of piperidine rings is 1.